The van der Waals surface area contributed by atoms with Crippen LogP contribution in [-0.2, 0) is 16.1 Å². The van der Waals surface area contributed by atoms with Crippen molar-refractivity contribution in [3.63, 3.8) is 0 Å². The second-order valence-corrected chi connectivity index (χ2v) is 4.41. The van der Waals surface area contributed by atoms with Gasteiger partial charge in [-0.15, -0.1) is 0 Å². The highest BCUT2D eigenvalue weighted by Gasteiger charge is 2.35. The molecule has 0 aliphatic carbocycles. The van der Waals surface area contributed by atoms with E-state index in [4.69, 9.17) is 5.11 Å². The van der Waals surface area contributed by atoms with Crippen molar-refractivity contribution in [1.29, 1.82) is 0 Å². The van der Waals surface area contributed by atoms with E-state index >= 15 is 0 Å². The zero-order chi connectivity index (χ0) is 13.1. The van der Waals surface area contributed by atoms with Crippen molar-refractivity contribution < 1.29 is 14.7 Å². The molecule has 92 valence electrons. The molecule has 1 aromatic rings. The highest BCUT2D eigenvalue weighted by Crippen LogP contribution is 2.15. The van der Waals surface area contributed by atoms with Gasteiger partial charge in [-0.1, -0.05) is 0 Å². The van der Waals surface area contributed by atoms with E-state index in [1.807, 2.05) is 13.0 Å². The van der Waals surface area contributed by atoms with Crippen LogP contribution in [0.1, 0.15) is 25.0 Å². The summed E-state index contributed by atoms with van der Waals surface area (Å²) >= 11 is 0. The largest absolute Gasteiger partial charge is 0.480 e. The average molecular weight is 236 g/mol. The van der Waals surface area contributed by atoms with E-state index < -0.39 is 17.3 Å². The summed E-state index contributed by atoms with van der Waals surface area (Å²) in [5.41, 5.74) is 0.464. The van der Waals surface area contributed by atoms with Crippen molar-refractivity contribution in [2.24, 2.45) is 5.41 Å². The first-order valence-corrected chi connectivity index (χ1v) is 5.27. The van der Waals surface area contributed by atoms with Gasteiger partial charge in [0, 0.05) is 18.9 Å². The number of aryl methyl sites for hydroxylation is 1. The molecule has 2 N–H and O–H groups in total. The number of aliphatic carboxylic acids is 1. The van der Waals surface area contributed by atoms with Crippen molar-refractivity contribution in [3.05, 3.63) is 29.6 Å². The normalized spacial score (nSPS) is 11.0. The van der Waals surface area contributed by atoms with Crippen molar-refractivity contribution >= 4 is 11.9 Å². The Hall–Kier alpha value is -1.91. The van der Waals surface area contributed by atoms with Crippen LogP contribution in [0.5, 0.6) is 0 Å². The molecule has 0 saturated heterocycles. The lowest BCUT2D eigenvalue weighted by atomic mass is 9.92. The Labute approximate surface area is 99.9 Å². The van der Waals surface area contributed by atoms with Gasteiger partial charge in [0.15, 0.2) is 0 Å². The summed E-state index contributed by atoms with van der Waals surface area (Å²) in [5.74, 6) is -1.65. The van der Waals surface area contributed by atoms with Crippen LogP contribution in [0.4, 0.5) is 0 Å². The number of aromatic nitrogens is 1. The first-order valence-electron chi connectivity index (χ1n) is 5.27. The number of rotatable bonds is 4. The summed E-state index contributed by atoms with van der Waals surface area (Å²) in [7, 11) is 0. The Balaban J connectivity index is 2.67. The van der Waals surface area contributed by atoms with Crippen LogP contribution in [0.2, 0.25) is 0 Å². The smallest absolute Gasteiger partial charge is 0.318 e. The molecule has 0 saturated carbocycles. The molecule has 0 aromatic carbocycles. The Morgan fingerprint density at radius 3 is 2.65 bits per heavy atom. The molecular formula is C12H16N2O3. The molecular weight excluding hydrogens is 220 g/mol. The molecule has 0 radical (unpaired) electrons. The maximum absolute atomic E-state index is 11.7. The van der Waals surface area contributed by atoms with E-state index in [1.54, 1.807) is 12.4 Å². The van der Waals surface area contributed by atoms with E-state index in [9.17, 15) is 9.59 Å². The van der Waals surface area contributed by atoms with Gasteiger partial charge in [0.1, 0.15) is 5.41 Å². The first kappa shape index (κ1) is 13.2. The SMILES string of the molecule is Cc1ccncc1CNC(=O)C(C)(C)C(=O)O. The lowest BCUT2D eigenvalue weighted by Crippen LogP contribution is -2.42. The second kappa shape index (κ2) is 4.95. The number of nitrogens with one attached hydrogen (secondary N) is 1. The highest BCUT2D eigenvalue weighted by atomic mass is 16.4. The molecule has 0 unspecified atom stereocenters. The van der Waals surface area contributed by atoms with Crippen LogP contribution < -0.4 is 5.32 Å². The molecule has 0 spiro atoms. The number of carboxylic acids is 1. The lowest BCUT2D eigenvalue weighted by molar-refractivity contribution is -0.153. The number of carbonyl (C=O) groups excluding carboxylic acids is 1. The van der Waals surface area contributed by atoms with Crippen LogP contribution >= 0.6 is 0 Å². The van der Waals surface area contributed by atoms with Crippen molar-refractivity contribution in [3.8, 4) is 0 Å². The molecule has 1 aromatic heterocycles. The first-order chi connectivity index (χ1) is 7.85. The summed E-state index contributed by atoms with van der Waals surface area (Å²) in [6, 6.07) is 1.84. The summed E-state index contributed by atoms with van der Waals surface area (Å²) < 4.78 is 0. The third-order valence-corrected chi connectivity index (χ3v) is 2.69. The van der Waals surface area contributed by atoms with Crippen LogP contribution in [0.15, 0.2) is 18.5 Å². The average Bonchev–Trinajstić information content (AvgIpc) is 2.27. The molecule has 17 heavy (non-hydrogen) atoms. The number of pyridine rings is 1. The lowest BCUT2D eigenvalue weighted by Gasteiger charge is -2.18. The topological polar surface area (TPSA) is 79.3 Å². The van der Waals surface area contributed by atoms with E-state index in [0.29, 0.717) is 0 Å². The highest BCUT2D eigenvalue weighted by molar-refractivity contribution is 6.00. The molecule has 0 aliphatic rings. The molecule has 0 fully saturated rings. The van der Waals surface area contributed by atoms with Crippen LogP contribution in [0, 0.1) is 12.3 Å². The molecule has 1 rings (SSSR count). The molecule has 0 atom stereocenters. The van der Waals surface area contributed by atoms with Crippen molar-refractivity contribution in [1.82, 2.24) is 10.3 Å². The summed E-state index contributed by atoms with van der Waals surface area (Å²) in [6.07, 6.45) is 3.32. The zero-order valence-electron chi connectivity index (χ0n) is 10.2. The third kappa shape index (κ3) is 3.03. The predicted octanol–water partition coefficient (Wildman–Crippen LogP) is 1.12. The minimum absolute atomic E-state index is 0.287. The van der Waals surface area contributed by atoms with E-state index in [-0.39, 0.29) is 6.54 Å². The van der Waals surface area contributed by atoms with Gasteiger partial charge in [-0.25, -0.2) is 0 Å². The third-order valence-electron chi connectivity index (χ3n) is 2.69. The van der Waals surface area contributed by atoms with Gasteiger partial charge in [-0.2, -0.15) is 0 Å². The minimum atomic E-state index is -1.42. The molecule has 0 bridgehead atoms. The van der Waals surface area contributed by atoms with Crippen molar-refractivity contribution in [2.45, 2.75) is 27.3 Å². The van der Waals surface area contributed by atoms with Crippen LogP contribution in [0.3, 0.4) is 0 Å². The maximum Gasteiger partial charge on any atom is 0.318 e. The quantitative estimate of drug-likeness (QED) is 0.768. The zero-order valence-corrected chi connectivity index (χ0v) is 10.2. The van der Waals surface area contributed by atoms with Gasteiger partial charge in [0.25, 0.3) is 0 Å². The molecule has 5 heteroatoms. The predicted molar refractivity (Wildman–Crippen MR) is 62.2 cm³/mol. The molecule has 1 heterocycles. The summed E-state index contributed by atoms with van der Waals surface area (Å²) in [5, 5.41) is 11.5. The van der Waals surface area contributed by atoms with Gasteiger partial charge < -0.3 is 10.4 Å². The number of hydrogen-bond acceptors (Lipinski definition) is 3. The number of hydrogen-bond donors (Lipinski definition) is 2. The maximum atomic E-state index is 11.7. The van der Waals surface area contributed by atoms with Gasteiger partial charge in [0.05, 0.1) is 0 Å². The standard InChI is InChI=1S/C12H16N2O3/c1-8-4-5-13-6-9(8)7-14-10(15)12(2,3)11(16)17/h4-6H,7H2,1-3H3,(H,14,15)(H,16,17). The van der Waals surface area contributed by atoms with Gasteiger partial charge in [-0.05, 0) is 38.0 Å². The number of carboxylic acid groups (broad SMARTS) is 1. The molecule has 5 nitrogen and oxygen atoms in total. The monoisotopic (exact) mass is 236 g/mol. The van der Waals surface area contributed by atoms with Crippen molar-refractivity contribution in [2.75, 3.05) is 0 Å². The Morgan fingerprint density at radius 1 is 1.47 bits per heavy atom. The van der Waals surface area contributed by atoms with Crippen LogP contribution in [-0.4, -0.2) is 22.0 Å². The fraction of sp³-hybridized carbons (Fsp3) is 0.417. The Bertz CT molecular complexity index is 441. The summed E-state index contributed by atoms with van der Waals surface area (Å²) in [4.78, 5) is 26.5. The number of nitrogens with zero attached hydrogens (tertiary/aromatic N) is 1. The second-order valence-electron chi connectivity index (χ2n) is 4.41. The Kier molecular flexibility index (Phi) is 3.83. The van der Waals surface area contributed by atoms with E-state index in [0.717, 1.165) is 11.1 Å². The fourth-order valence-corrected chi connectivity index (χ4v) is 1.18. The summed E-state index contributed by atoms with van der Waals surface area (Å²) in [6.45, 7) is 4.95. The number of amides is 1. The minimum Gasteiger partial charge on any atom is -0.480 e. The molecule has 0 aliphatic heterocycles. The van der Waals surface area contributed by atoms with Crippen LogP contribution in [0.25, 0.3) is 0 Å². The number of carbonyl (C=O) groups is 2. The van der Waals surface area contributed by atoms with Gasteiger partial charge in [-0.3, -0.25) is 14.6 Å². The van der Waals surface area contributed by atoms with E-state index in [2.05, 4.69) is 10.3 Å². The van der Waals surface area contributed by atoms with Gasteiger partial charge in [0.2, 0.25) is 5.91 Å². The van der Waals surface area contributed by atoms with Gasteiger partial charge >= 0.3 is 5.97 Å². The fourth-order valence-electron chi connectivity index (χ4n) is 1.18. The molecule has 1 amide bonds. The van der Waals surface area contributed by atoms with E-state index in [1.165, 1.54) is 13.8 Å². The Morgan fingerprint density at radius 2 is 2.12 bits per heavy atom.